The minimum atomic E-state index is 0.462. The van der Waals surface area contributed by atoms with E-state index >= 15 is 0 Å². The van der Waals surface area contributed by atoms with Gasteiger partial charge >= 0.3 is 0 Å². The Kier molecular flexibility index (Phi) is 6.87. The smallest absolute Gasteiger partial charge is 0.188 e. The molecule has 1 heterocycles. The first kappa shape index (κ1) is 18.1. The van der Waals surface area contributed by atoms with Crippen molar-refractivity contribution in [1.82, 2.24) is 10.3 Å². The summed E-state index contributed by atoms with van der Waals surface area (Å²) in [5.41, 5.74) is 8.09. The summed E-state index contributed by atoms with van der Waals surface area (Å²) in [6, 6.07) is 5.89. The zero-order valence-corrected chi connectivity index (χ0v) is 15.2. The third-order valence-corrected chi connectivity index (χ3v) is 4.47. The predicted octanol–water partition coefficient (Wildman–Crippen LogP) is 2.16. The molecule has 0 bridgehead atoms. The van der Waals surface area contributed by atoms with Crippen molar-refractivity contribution in [3.05, 3.63) is 39.8 Å². The van der Waals surface area contributed by atoms with Gasteiger partial charge in [-0.3, -0.25) is 4.99 Å². The van der Waals surface area contributed by atoms with E-state index in [1.807, 2.05) is 30.5 Å². The van der Waals surface area contributed by atoms with Crippen LogP contribution in [0.4, 0.5) is 0 Å². The Labute approximate surface area is 146 Å². The molecule has 2 aromatic rings. The van der Waals surface area contributed by atoms with E-state index in [2.05, 4.69) is 15.3 Å². The lowest BCUT2D eigenvalue weighted by molar-refractivity contribution is 0.354. The second-order valence-corrected chi connectivity index (χ2v) is 6.21. The fraction of sp³-hybridized carbons (Fsp3) is 0.412. The Balaban J connectivity index is 1.75. The summed E-state index contributed by atoms with van der Waals surface area (Å²) in [6.45, 7) is 3.34. The van der Waals surface area contributed by atoms with Gasteiger partial charge in [-0.05, 0) is 31.0 Å². The van der Waals surface area contributed by atoms with Crippen molar-refractivity contribution in [3.63, 3.8) is 0 Å². The van der Waals surface area contributed by atoms with E-state index in [9.17, 15) is 0 Å². The second-order valence-electron chi connectivity index (χ2n) is 5.27. The van der Waals surface area contributed by atoms with Crippen molar-refractivity contribution >= 4 is 17.3 Å². The first-order valence-electron chi connectivity index (χ1n) is 7.78. The molecule has 0 aliphatic heterocycles. The Bertz CT molecular complexity index is 685. The highest BCUT2D eigenvalue weighted by Gasteiger charge is 2.04. The van der Waals surface area contributed by atoms with Gasteiger partial charge in [0.1, 0.15) is 0 Å². The molecule has 3 N–H and O–H groups in total. The third-order valence-electron chi connectivity index (χ3n) is 3.44. The molecule has 0 spiro atoms. The fourth-order valence-corrected chi connectivity index (χ4v) is 2.98. The number of benzene rings is 1. The third kappa shape index (κ3) is 5.42. The van der Waals surface area contributed by atoms with E-state index in [1.165, 1.54) is 0 Å². The average molecular weight is 348 g/mol. The van der Waals surface area contributed by atoms with Crippen LogP contribution >= 0.6 is 11.3 Å². The number of ether oxygens (including phenoxy) is 2. The summed E-state index contributed by atoms with van der Waals surface area (Å²) >= 11 is 1.66. The van der Waals surface area contributed by atoms with Crippen LogP contribution in [0.1, 0.15) is 16.3 Å². The number of hydrogen-bond donors (Lipinski definition) is 2. The van der Waals surface area contributed by atoms with Gasteiger partial charge in [0, 0.05) is 30.6 Å². The lowest BCUT2D eigenvalue weighted by Crippen LogP contribution is -2.33. The first-order chi connectivity index (χ1) is 11.6. The molecule has 0 saturated carbocycles. The fourth-order valence-electron chi connectivity index (χ4n) is 2.22. The topological polar surface area (TPSA) is 81.8 Å². The zero-order valence-electron chi connectivity index (χ0n) is 14.3. The van der Waals surface area contributed by atoms with Crippen LogP contribution in [0.25, 0.3) is 0 Å². The molecule has 130 valence electrons. The highest BCUT2D eigenvalue weighted by atomic mass is 32.1. The van der Waals surface area contributed by atoms with E-state index in [-0.39, 0.29) is 0 Å². The van der Waals surface area contributed by atoms with Gasteiger partial charge in [0.25, 0.3) is 0 Å². The second kappa shape index (κ2) is 9.12. The minimum absolute atomic E-state index is 0.462. The van der Waals surface area contributed by atoms with Crippen molar-refractivity contribution in [1.29, 1.82) is 0 Å². The Hall–Kier alpha value is -2.28. The van der Waals surface area contributed by atoms with Crippen LogP contribution in [0.2, 0.25) is 0 Å². The predicted molar refractivity (Wildman–Crippen MR) is 98.3 cm³/mol. The molecule has 0 radical (unpaired) electrons. The molecule has 0 unspecified atom stereocenters. The van der Waals surface area contributed by atoms with E-state index in [0.717, 1.165) is 40.6 Å². The molecular weight excluding hydrogens is 324 g/mol. The van der Waals surface area contributed by atoms with Gasteiger partial charge in [-0.2, -0.15) is 0 Å². The monoisotopic (exact) mass is 348 g/mol. The van der Waals surface area contributed by atoms with Crippen LogP contribution in [-0.4, -0.2) is 38.3 Å². The van der Waals surface area contributed by atoms with Gasteiger partial charge in [0.15, 0.2) is 17.5 Å². The summed E-state index contributed by atoms with van der Waals surface area (Å²) in [6.07, 6.45) is 1.64. The van der Waals surface area contributed by atoms with Crippen LogP contribution in [0, 0.1) is 6.92 Å². The lowest BCUT2D eigenvalue weighted by atomic mass is 10.1. The van der Waals surface area contributed by atoms with Crippen molar-refractivity contribution in [3.8, 4) is 11.5 Å². The zero-order chi connectivity index (χ0) is 17.4. The molecule has 1 aromatic carbocycles. The molecule has 0 fully saturated rings. The maximum atomic E-state index is 5.89. The number of hydrogen-bond acceptors (Lipinski definition) is 5. The first-order valence-corrected chi connectivity index (χ1v) is 8.66. The van der Waals surface area contributed by atoms with E-state index in [0.29, 0.717) is 19.0 Å². The van der Waals surface area contributed by atoms with Crippen LogP contribution in [0.3, 0.4) is 0 Å². The number of rotatable bonds is 8. The molecule has 0 atom stereocenters. The maximum absolute atomic E-state index is 5.89. The molecule has 7 heteroatoms. The van der Waals surface area contributed by atoms with Crippen molar-refractivity contribution < 1.29 is 9.47 Å². The number of nitrogens with one attached hydrogen (secondary N) is 1. The summed E-state index contributed by atoms with van der Waals surface area (Å²) in [5, 5.41) is 6.26. The van der Waals surface area contributed by atoms with Gasteiger partial charge in [0.2, 0.25) is 0 Å². The van der Waals surface area contributed by atoms with E-state index in [4.69, 9.17) is 15.2 Å². The summed E-state index contributed by atoms with van der Waals surface area (Å²) < 4.78 is 10.5. The van der Waals surface area contributed by atoms with Crippen molar-refractivity contribution in [2.75, 3.05) is 27.3 Å². The summed E-state index contributed by atoms with van der Waals surface area (Å²) in [4.78, 5) is 8.73. The Morgan fingerprint density at radius 1 is 1.25 bits per heavy atom. The Morgan fingerprint density at radius 3 is 2.71 bits per heavy atom. The highest BCUT2D eigenvalue weighted by Crippen LogP contribution is 2.27. The molecule has 0 aliphatic rings. The van der Waals surface area contributed by atoms with Crippen LogP contribution in [-0.2, 0) is 12.8 Å². The number of aromatic nitrogens is 1. The standard InChI is InChI=1S/C17H24N4O2S/c1-12-11-24-16(21-12)7-9-20-17(18)19-8-6-13-4-5-14(22-2)15(10-13)23-3/h4-5,10-11H,6-9H2,1-3H3,(H3,18,19,20). The van der Waals surface area contributed by atoms with Crippen molar-refractivity contribution in [2.45, 2.75) is 19.8 Å². The largest absolute Gasteiger partial charge is 0.493 e. The molecule has 1 aromatic heterocycles. The Morgan fingerprint density at radius 2 is 2.04 bits per heavy atom. The molecule has 2 rings (SSSR count). The minimum Gasteiger partial charge on any atom is -0.493 e. The van der Waals surface area contributed by atoms with Crippen LogP contribution in [0.15, 0.2) is 28.6 Å². The van der Waals surface area contributed by atoms with Gasteiger partial charge in [-0.15, -0.1) is 11.3 Å². The van der Waals surface area contributed by atoms with Gasteiger partial charge in [-0.1, -0.05) is 6.07 Å². The number of guanidine groups is 1. The number of nitrogens with two attached hydrogens (primary N) is 1. The molecule has 0 amide bonds. The SMILES string of the molecule is COc1ccc(CCNC(N)=NCCc2nc(C)cs2)cc1OC. The lowest BCUT2D eigenvalue weighted by Gasteiger charge is -2.10. The molecule has 24 heavy (non-hydrogen) atoms. The molecule has 0 saturated heterocycles. The number of nitrogens with zero attached hydrogens (tertiary/aromatic N) is 2. The van der Waals surface area contributed by atoms with Crippen molar-refractivity contribution in [2.24, 2.45) is 10.7 Å². The highest BCUT2D eigenvalue weighted by molar-refractivity contribution is 7.09. The van der Waals surface area contributed by atoms with Gasteiger partial charge < -0.3 is 20.5 Å². The van der Waals surface area contributed by atoms with E-state index < -0.39 is 0 Å². The van der Waals surface area contributed by atoms with Gasteiger partial charge in [0.05, 0.1) is 19.2 Å². The normalized spacial score (nSPS) is 11.4. The number of aryl methyl sites for hydroxylation is 1. The summed E-state index contributed by atoms with van der Waals surface area (Å²) in [7, 11) is 3.26. The average Bonchev–Trinajstić information content (AvgIpc) is 3.00. The quantitative estimate of drug-likeness (QED) is 0.564. The molecule has 6 nitrogen and oxygen atoms in total. The molecular formula is C17H24N4O2S. The number of aliphatic imine (C=N–C) groups is 1. The molecule has 0 aliphatic carbocycles. The number of methoxy groups -OCH3 is 2. The van der Waals surface area contributed by atoms with Gasteiger partial charge in [-0.25, -0.2) is 4.98 Å². The van der Waals surface area contributed by atoms with Crippen LogP contribution < -0.4 is 20.5 Å². The summed E-state index contributed by atoms with van der Waals surface area (Å²) in [5.74, 6) is 1.92. The maximum Gasteiger partial charge on any atom is 0.188 e. The number of thiazole rings is 1. The van der Waals surface area contributed by atoms with Crippen LogP contribution in [0.5, 0.6) is 11.5 Å². The van der Waals surface area contributed by atoms with E-state index in [1.54, 1.807) is 25.6 Å².